The second-order valence-electron chi connectivity index (χ2n) is 8.77. The number of carbonyl (C=O) groups is 4. The molecule has 42 heavy (non-hydrogen) atoms. The molecule has 3 rings (SSSR count). The third-order valence-electron chi connectivity index (χ3n) is 5.72. The lowest BCUT2D eigenvalue weighted by molar-refractivity contribution is -0.129. The minimum Gasteiger partial charge on any atom is -0.483 e. The summed E-state index contributed by atoms with van der Waals surface area (Å²) in [4.78, 5) is 44.4. The van der Waals surface area contributed by atoms with Crippen LogP contribution in [0.25, 0.3) is 10.1 Å². The molecule has 15 heteroatoms. The van der Waals surface area contributed by atoms with E-state index < -0.39 is 24.7 Å². The van der Waals surface area contributed by atoms with E-state index in [-0.39, 0.29) is 30.5 Å². The lowest BCUT2D eigenvalue weighted by Crippen LogP contribution is -2.29. The van der Waals surface area contributed by atoms with Crippen LogP contribution in [-0.4, -0.2) is 85.9 Å². The lowest BCUT2D eigenvalue weighted by Gasteiger charge is -2.26. The first kappa shape index (κ1) is 39.2. The van der Waals surface area contributed by atoms with Gasteiger partial charge in [0.1, 0.15) is 6.29 Å². The van der Waals surface area contributed by atoms with Crippen molar-refractivity contribution in [1.29, 1.82) is 0 Å². The molecule has 2 amide bonds. The van der Waals surface area contributed by atoms with Crippen molar-refractivity contribution in [2.75, 3.05) is 46.4 Å². The molecule has 0 bridgehead atoms. The second-order valence-corrected chi connectivity index (χ2v) is 11.9. The van der Waals surface area contributed by atoms with Crippen molar-refractivity contribution in [1.82, 2.24) is 9.80 Å². The molecule has 0 saturated carbocycles. The Morgan fingerprint density at radius 2 is 1.69 bits per heavy atom. The zero-order chi connectivity index (χ0) is 32.3. The molecule has 0 radical (unpaired) electrons. The molecule has 0 atom stereocenters. The van der Waals surface area contributed by atoms with Crippen LogP contribution < -0.4 is 5.73 Å². The predicted octanol–water partition coefficient (Wildman–Crippen LogP) is 5.17. The SMILES string of the molecule is CCN(CCC=O)C(C)=O.CCOP(=O)(OCC)C(F)(F)c1ccc2sc(C(N)=O)cc2c1.CN1CCCC1.O=CO. The van der Waals surface area contributed by atoms with Crippen molar-refractivity contribution in [3.05, 3.63) is 34.7 Å². The summed E-state index contributed by atoms with van der Waals surface area (Å²) < 4.78 is 51.9. The molecule has 0 aliphatic carbocycles. The molecule has 1 saturated heterocycles. The van der Waals surface area contributed by atoms with Crippen LogP contribution in [0.3, 0.4) is 0 Å². The average Bonchev–Trinajstić information content (AvgIpc) is 3.59. The summed E-state index contributed by atoms with van der Waals surface area (Å²) in [6.45, 7) is 9.61. The van der Waals surface area contributed by atoms with Gasteiger partial charge in [-0.3, -0.25) is 18.9 Å². The Hall–Kier alpha value is -2.77. The maximum atomic E-state index is 14.7. The Kier molecular flexibility index (Phi) is 18.9. The van der Waals surface area contributed by atoms with Crippen LogP contribution in [0.2, 0.25) is 0 Å². The number of carboxylic acid groups (broad SMARTS) is 1. The number of fused-ring (bicyclic) bond motifs is 1. The van der Waals surface area contributed by atoms with Gasteiger partial charge in [0.25, 0.3) is 12.4 Å². The van der Waals surface area contributed by atoms with Crippen molar-refractivity contribution in [2.24, 2.45) is 5.73 Å². The normalized spacial score (nSPS) is 13.0. The maximum Gasteiger partial charge on any atom is 0.404 e. The molecular formula is C27H42F2N3O8PS. The zero-order valence-electron chi connectivity index (χ0n) is 24.7. The highest BCUT2D eigenvalue weighted by Crippen LogP contribution is 2.66. The first-order chi connectivity index (χ1) is 19.8. The summed E-state index contributed by atoms with van der Waals surface area (Å²) in [5, 5.41) is 7.31. The molecule has 0 spiro atoms. The predicted molar refractivity (Wildman–Crippen MR) is 159 cm³/mol. The summed E-state index contributed by atoms with van der Waals surface area (Å²) >= 11 is 1.10. The van der Waals surface area contributed by atoms with Crippen molar-refractivity contribution < 1.29 is 46.7 Å². The minimum atomic E-state index is -4.66. The fourth-order valence-corrected chi connectivity index (χ4v) is 6.10. The second kappa shape index (κ2) is 20.2. The van der Waals surface area contributed by atoms with Crippen LogP contribution in [0, 0.1) is 0 Å². The number of amides is 2. The minimum absolute atomic E-state index is 0.0318. The van der Waals surface area contributed by atoms with Gasteiger partial charge in [-0.2, -0.15) is 8.78 Å². The van der Waals surface area contributed by atoms with E-state index in [0.29, 0.717) is 29.6 Å². The van der Waals surface area contributed by atoms with Crippen LogP contribution in [0.15, 0.2) is 24.3 Å². The largest absolute Gasteiger partial charge is 0.483 e. The Morgan fingerprint density at radius 1 is 1.14 bits per heavy atom. The van der Waals surface area contributed by atoms with Gasteiger partial charge in [0.15, 0.2) is 0 Å². The van der Waals surface area contributed by atoms with E-state index in [2.05, 4.69) is 11.9 Å². The monoisotopic (exact) mass is 637 g/mol. The fraction of sp³-hybridized carbons (Fsp3) is 0.556. The van der Waals surface area contributed by atoms with Gasteiger partial charge in [-0.25, -0.2) is 0 Å². The summed E-state index contributed by atoms with van der Waals surface area (Å²) in [5.41, 5.74) is 0.889. The first-order valence-corrected chi connectivity index (χ1v) is 15.7. The maximum absolute atomic E-state index is 14.7. The molecule has 1 aromatic heterocycles. The number of halogens is 2. The molecule has 2 aromatic rings. The van der Waals surface area contributed by atoms with Crippen LogP contribution in [0.1, 0.15) is 62.2 Å². The number of nitrogens with zero attached hydrogens (tertiary/aromatic N) is 2. The number of rotatable bonds is 11. The highest BCUT2D eigenvalue weighted by Gasteiger charge is 2.54. The van der Waals surface area contributed by atoms with Crippen LogP contribution >= 0.6 is 18.9 Å². The van der Waals surface area contributed by atoms with E-state index >= 15 is 0 Å². The Bertz CT molecular complexity index is 1170. The number of primary amides is 1. The zero-order valence-corrected chi connectivity index (χ0v) is 26.4. The summed E-state index contributed by atoms with van der Waals surface area (Å²) in [6, 6.07) is 5.17. The molecule has 1 fully saturated rings. The molecule has 3 N–H and O–H groups in total. The van der Waals surface area contributed by atoms with Crippen molar-refractivity contribution >= 4 is 53.6 Å². The highest BCUT2D eigenvalue weighted by atomic mass is 32.1. The number of hydrogen-bond acceptors (Lipinski definition) is 9. The topological polar surface area (TPSA) is 157 Å². The van der Waals surface area contributed by atoms with E-state index in [1.165, 1.54) is 64.9 Å². The van der Waals surface area contributed by atoms with Crippen molar-refractivity contribution in [2.45, 2.75) is 52.6 Å². The average molecular weight is 638 g/mol. The number of nitrogens with two attached hydrogens (primary N) is 1. The highest BCUT2D eigenvalue weighted by molar-refractivity contribution is 7.54. The summed E-state index contributed by atoms with van der Waals surface area (Å²) in [7, 11) is -2.48. The van der Waals surface area contributed by atoms with Gasteiger partial charge in [-0.1, -0.05) is 6.07 Å². The van der Waals surface area contributed by atoms with Gasteiger partial charge in [0.05, 0.1) is 18.1 Å². The van der Waals surface area contributed by atoms with E-state index in [4.69, 9.17) is 24.7 Å². The van der Waals surface area contributed by atoms with Crippen LogP contribution in [0.4, 0.5) is 8.78 Å². The van der Waals surface area contributed by atoms with E-state index in [1.54, 1.807) is 4.90 Å². The molecule has 0 unspecified atom stereocenters. The van der Waals surface area contributed by atoms with Crippen LogP contribution in [-0.2, 0) is 33.7 Å². The first-order valence-electron chi connectivity index (χ1n) is 13.3. The van der Waals surface area contributed by atoms with Gasteiger partial charge >= 0.3 is 13.3 Å². The van der Waals surface area contributed by atoms with Crippen molar-refractivity contribution in [3.63, 3.8) is 0 Å². The standard InChI is InChI=1S/C14H16F2NO4PS.C7H13NO2.C5H11N.CH2O2/c1-3-20-22(19,21-4-2)14(15,16)10-5-6-11-9(7-10)8-12(23-11)13(17)18;1-3-8(7(2)10)5-4-6-9;1-6-4-2-3-5-6;2-1-3/h5-8H,3-4H2,1-2H3,(H2,17,18);6H,3-5H2,1-2H3;2-5H2,1H3;1H,(H,2,3). The smallest absolute Gasteiger partial charge is 0.404 e. The van der Waals surface area contributed by atoms with Gasteiger partial charge < -0.3 is 34.5 Å². The molecule has 11 nitrogen and oxygen atoms in total. The number of hydrogen-bond donors (Lipinski definition) is 2. The third-order valence-corrected chi connectivity index (χ3v) is 9.00. The molecule has 2 heterocycles. The Morgan fingerprint density at radius 3 is 2.07 bits per heavy atom. The van der Waals surface area contributed by atoms with E-state index in [9.17, 15) is 27.7 Å². The Balaban J connectivity index is 0.000000723. The lowest BCUT2D eigenvalue weighted by atomic mass is 10.1. The quantitative estimate of drug-likeness (QED) is 0.251. The summed E-state index contributed by atoms with van der Waals surface area (Å²) in [6.07, 6.45) is 4.09. The van der Waals surface area contributed by atoms with E-state index in [0.717, 1.165) is 23.7 Å². The van der Waals surface area contributed by atoms with Gasteiger partial charge in [-0.15, -0.1) is 11.3 Å². The third kappa shape index (κ3) is 12.6. The van der Waals surface area contributed by atoms with Crippen LogP contribution in [0.5, 0.6) is 0 Å². The molecule has 1 aliphatic heterocycles. The number of benzene rings is 1. The molecular weight excluding hydrogens is 595 g/mol. The van der Waals surface area contributed by atoms with Gasteiger partial charge in [0.2, 0.25) is 5.91 Å². The number of carbonyl (C=O) groups excluding carboxylic acids is 3. The number of aldehydes is 1. The number of thiophene rings is 1. The molecule has 1 aromatic carbocycles. The Labute approximate surface area is 249 Å². The molecule has 1 aliphatic rings. The number of likely N-dealkylation sites (tertiary alicyclic amines) is 1. The fourth-order valence-electron chi connectivity index (χ4n) is 3.67. The van der Waals surface area contributed by atoms with E-state index in [1.807, 2.05) is 6.92 Å². The number of alkyl halides is 2. The summed E-state index contributed by atoms with van der Waals surface area (Å²) in [5.74, 6) is -0.599. The van der Waals surface area contributed by atoms with Gasteiger partial charge in [0, 0.05) is 36.7 Å². The molecule has 238 valence electrons. The van der Waals surface area contributed by atoms with Crippen molar-refractivity contribution in [3.8, 4) is 0 Å². The van der Waals surface area contributed by atoms with Gasteiger partial charge in [-0.05, 0) is 77.3 Å².